The van der Waals surface area contributed by atoms with Crippen molar-refractivity contribution in [3.05, 3.63) is 56.5 Å². The standard InChI is InChI=1S/C23H22BrF3N4O7/c1-21(2,3)38-20(34)30-22(8-9-22)19(33)29-15-11-13(5-7-17(15)37-23(25,26)27)28-18(32)14-6-4-12(24)10-16(14)31(35)36/h4-7,10-11H,8-9H2,1-3H3,(H,28,32)(H,29,33)(H,30,34). The molecule has 0 aromatic heterocycles. The number of nitro groups is 1. The second-order valence-corrected chi connectivity index (χ2v) is 10.2. The summed E-state index contributed by atoms with van der Waals surface area (Å²) in [6.45, 7) is 4.86. The lowest BCUT2D eigenvalue weighted by Gasteiger charge is -2.23. The molecule has 0 aliphatic heterocycles. The topological polar surface area (TPSA) is 149 Å². The molecule has 0 bridgehead atoms. The summed E-state index contributed by atoms with van der Waals surface area (Å²) in [7, 11) is 0. The highest BCUT2D eigenvalue weighted by Crippen LogP contribution is 2.39. The molecule has 0 spiro atoms. The molecule has 1 aliphatic rings. The fourth-order valence-corrected chi connectivity index (χ4v) is 3.59. The molecule has 0 heterocycles. The van der Waals surface area contributed by atoms with E-state index in [4.69, 9.17) is 4.74 Å². The van der Waals surface area contributed by atoms with Gasteiger partial charge < -0.3 is 25.4 Å². The van der Waals surface area contributed by atoms with E-state index in [0.29, 0.717) is 4.47 Å². The van der Waals surface area contributed by atoms with Crippen molar-refractivity contribution in [1.29, 1.82) is 0 Å². The number of nitrogens with zero attached hydrogens (tertiary/aromatic N) is 1. The quantitative estimate of drug-likeness (QED) is 0.279. The molecule has 1 saturated carbocycles. The predicted octanol–water partition coefficient (Wildman–Crippen LogP) is 5.50. The fourth-order valence-electron chi connectivity index (χ4n) is 3.24. The number of alkyl halides is 3. The third kappa shape index (κ3) is 7.57. The predicted molar refractivity (Wildman–Crippen MR) is 132 cm³/mol. The van der Waals surface area contributed by atoms with Gasteiger partial charge in [0.15, 0.2) is 5.75 Å². The molecule has 2 aromatic carbocycles. The largest absolute Gasteiger partial charge is 0.573 e. The van der Waals surface area contributed by atoms with Gasteiger partial charge >= 0.3 is 12.5 Å². The van der Waals surface area contributed by atoms with E-state index in [2.05, 4.69) is 36.6 Å². The van der Waals surface area contributed by atoms with Gasteiger partial charge in [-0.2, -0.15) is 0 Å². The number of hydrogen-bond acceptors (Lipinski definition) is 7. The van der Waals surface area contributed by atoms with Crippen LogP contribution in [0.5, 0.6) is 5.75 Å². The first kappa shape index (κ1) is 28.7. The number of benzene rings is 2. The van der Waals surface area contributed by atoms with Crippen molar-refractivity contribution >= 4 is 50.9 Å². The lowest BCUT2D eigenvalue weighted by atomic mass is 10.1. The first-order valence-corrected chi connectivity index (χ1v) is 11.7. The highest BCUT2D eigenvalue weighted by atomic mass is 79.9. The van der Waals surface area contributed by atoms with Crippen LogP contribution in [0.1, 0.15) is 44.0 Å². The number of nitrogens with one attached hydrogen (secondary N) is 3. The number of alkyl carbamates (subject to hydrolysis) is 1. The highest BCUT2D eigenvalue weighted by molar-refractivity contribution is 9.10. The number of amides is 3. The summed E-state index contributed by atoms with van der Waals surface area (Å²) in [6.07, 6.45) is -5.57. The van der Waals surface area contributed by atoms with Gasteiger partial charge in [-0.25, -0.2) is 4.79 Å². The van der Waals surface area contributed by atoms with Crippen molar-refractivity contribution in [2.75, 3.05) is 10.6 Å². The minimum atomic E-state index is -5.10. The van der Waals surface area contributed by atoms with Crippen molar-refractivity contribution in [1.82, 2.24) is 5.32 Å². The Morgan fingerprint density at radius 1 is 1.05 bits per heavy atom. The van der Waals surface area contributed by atoms with Gasteiger partial charge in [0.1, 0.15) is 16.7 Å². The number of nitro benzene ring substituents is 1. The zero-order valence-electron chi connectivity index (χ0n) is 20.2. The van der Waals surface area contributed by atoms with Gasteiger partial charge in [0.05, 0.1) is 10.6 Å². The van der Waals surface area contributed by atoms with Crippen molar-refractivity contribution < 1.29 is 42.0 Å². The molecule has 1 fully saturated rings. The molecule has 38 heavy (non-hydrogen) atoms. The summed E-state index contributed by atoms with van der Waals surface area (Å²) in [5.74, 6) is -2.54. The van der Waals surface area contributed by atoms with Crippen LogP contribution in [0, 0.1) is 10.1 Å². The maximum Gasteiger partial charge on any atom is 0.573 e. The Labute approximate surface area is 222 Å². The number of anilines is 2. The lowest BCUT2D eigenvalue weighted by molar-refractivity contribution is -0.385. The molecular weight excluding hydrogens is 581 g/mol. The molecule has 3 amide bonds. The van der Waals surface area contributed by atoms with Gasteiger partial charge in [0, 0.05) is 16.2 Å². The van der Waals surface area contributed by atoms with Gasteiger partial charge in [-0.15, -0.1) is 13.2 Å². The van der Waals surface area contributed by atoms with Crippen LogP contribution in [0.2, 0.25) is 0 Å². The van der Waals surface area contributed by atoms with Crippen LogP contribution in [0.25, 0.3) is 0 Å². The molecule has 0 atom stereocenters. The molecule has 15 heteroatoms. The molecule has 0 saturated heterocycles. The zero-order valence-corrected chi connectivity index (χ0v) is 21.8. The van der Waals surface area contributed by atoms with Crippen LogP contribution in [-0.2, 0) is 9.53 Å². The Morgan fingerprint density at radius 2 is 1.71 bits per heavy atom. The maximum atomic E-state index is 13.0. The summed E-state index contributed by atoms with van der Waals surface area (Å²) in [6, 6.07) is 6.63. The number of hydrogen-bond donors (Lipinski definition) is 3. The minimum absolute atomic E-state index is 0.0954. The molecule has 1 aliphatic carbocycles. The minimum Gasteiger partial charge on any atom is -0.444 e. The number of rotatable bonds is 7. The van der Waals surface area contributed by atoms with E-state index < -0.39 is 57.5 Å². The third-order valence-corrected chi connectivity index (χ3v) is 5.53. The monoisotopic (exact) mass is 602 g/mol. The highest BCUT2D eigenvalue weighted by Gasteiger charge is 2.52. The SMILES string of the molecule is CC(C)(C)OC(=O)NC1(C(=O)Nc2cc(NC(=O)c3ccc(Br)cc3[N+](=O)[O-])ccc2OC(F)(F)F)CC1. The Bertz CT molecular complexity index is 1290. The summed E-state index contributed by atoms with van der Waals surface area (Å²) in [5.41, 5.74) is -3.63. The van der Waals surface area contributed by atoms with Crippen molar-refractivity contribution in [3.8, 4) is 5.75 Å². The van der Waals surface area contributed by atoms with Crippen LogP contribution in [0.15, 0.2) is 40.9 Å². The molecule has 11 nitrogen and oxygen atoms in total. The average Bonchev–Trinajstić information content (AvgIpc) is 3.53. The molecule has 0 radical (unpaired) electrons. The number of carbonyl (C=O) groups excluding carboxylic acids is 3. The van der Waals surface area contributed by atoms with Crippen LogP contribution in [-0.4, -0.2) is 40.3 Å². The number of carbonyl (C=O) groups is 3. The van der Waals surface area contributed by atoms with Crippen molar-refractivity contribution in [2.45, 2.75) is 51.1 Å². The first-order valence-electron chi connectivity index (χ1n) is 11.0. The van der Waals surface area contributed by atoms with E-state index in [1.807, 2.05) is 0 Å². The van der Waals surface area contributed by atoms with E-state index in [0.717, 1.165) is 24.3 Å². The van der Waals surface area contributed by atoms with Crippen LogP contribution in [0.4, 0.5) is 35.0 Å². The molecule has 2 aromatic rings. The van der Waals surface area contributed by atoms with Gasteiger partial charge in [-0.1, -0.05) is 15.9 Å². The Hall–Kier alpha value is -3.88. The van der Waals surface area contributed by atoms with E-state index in [1.165, 1.54) is 12.1 Å². The van der Waals surface area contributed by atoms with Crippen LogP contribution >= 0.6 is 15.9 Å². The second-order valence-electron chi connectivity index (χ2n) is 9.29. The van der Waals surface area contributed by atoms with Gasteiger partial charge in [0.2, 0.25) is 5.91 Å². The maximum absolute atomic E-state index is 13.0. The van der Waals surface area contributed by atoms with Gasteiger partial charge in [-0.3, -0.25) is 19.7 Å². The first-order chi connectivity index (χ1) is 17.5. The summed E-state index contributed by atoms with van der Waals surface area (Å²) in [5, 5.41) is 18.4. The van der Waals surface area contributed by atoms with Gasteiger partial charge in [0.25, 0.3) is 11.6 Å². The molecule has 3 rings (SSSR count). The number of ether oxygens (including phenoxy) is 2. The fraction of sp³-hybridized carbons (Fsp3) is 0.348. The van der Waals surface area contributed by atoms with E-state index in [-0.39, 0.29) is 24.1 Å². The Morgan fingerprint density at radius 3 is 2.26 bits per heavy atom. The third-order valence-electron chi connectivity index (χ3n) is 5.04. The molecule has 3 N–H and O–H groups in total. The number of halogens is 4. The Kier molecular flexibility index (Phi) is 7.91. The second kappa shape index (κ2) is 10.5. The summed E-state index contributed by atoms with van der Waals surface area (Å²) >= 11 is 3.08. The van der Waals surface area contributed by atoms with E-state index in [1.54, 1.807) is 20.8 Å². The van der Waals surface area contributed by atoms with E-state index in [9.17, 15) is 37.7 Å². The van der Waals surface area contributed by atoms with Crippen molar-refractivity contribution in [2.24, 2.45) is 0 Å². The normalized spacial score (nSPS) is 14.2. The lowest BCUT2D eigenvalue weighted by Crippen LogP contribution is -2.47. The van der Waals surface area contributed by atoms with Crippen LogP contribution < -0.4 is 20.7 Å². The average molecular weight is 603 g/mol. The smallest absolute Gasteiger partial charge is 0.444 e. The molecular formula is C23H22BrF3N4O7. The zero-order chi connectivity index (χ0) is 28.5. The molecule has 204 valence electrons. The van der Waals surface area contributed by atoms with Gasteiger partial charge in [-0.05, 0) is 63.9 Å². The molecule has 0 unspecified atom stereocenters. The Balaban J connectivity index is 1.86. The van der Waals surface area contributed by atoms with Crippen molar-refractivity contribution in [3.63, 3.8) is 0 Å². The van der Waals surface area contributed by atoms with Crippen LogP contribution in [0.3, 0.4) is 0 Å². The summed E-state index contributed by atoms with van der Waals surface area (Å²) in [4.78, 5) is 48.4. The summed E-state index contributed by atoms with van der Waals surface area (Å²) < 4.78 is 48.4. The van der Waals surface area contributed by atoms with E-state index >= 15 is 0 Å².